The van der Waals surface area contributed by atoms with Crippen molar-refractivity contribution in [1.29, 1.82) is 0 Å². The molecular formula is C23H27N3O2. The number of carbonyl (C=O) groups excluding carboxylic acids is 1. The van der Waals surface area contributed by atoms with Gasteiger partial charge in [0.05, 0.1) is 23.0 Å². The number of benzene rings is 2. The van der Waals surface area contributed by atoms with Crippen LogP contribution in [0.1, 0.15) is 25.3 Å². The van der Waals surface area contributed by atoms with Crippen LogP contribution in [-0.2, 0) is 17.8 Å². The Morgan fingerprint density at radius 3 is 2.75 bits per heavy atom. The lowest BCUT2D eigenvalue weighted by Crippen LogP contribution is -2.52. The first-order chi connectivity index (χ1) is 13.5. The van der Waals surface area contributed by atoms with Gasteiger partial charge < -0.3 is 14.6 Å². The van der Waals surface area contributed by atoms with Crippen LogP contribution in [0, 0.1) is 5.92 Å². The average molecular weight is 377 g/mol. The summed E-state index contributed by atoms with van der Waals surface area (Å²) in [6.07, 6.45) is 3.64. The van der Waals surface area contributed by atoms with Gasteiger partial charge in [-0.25, -0.2) is 4.98 Å². The van der Waals surface area contributed by atoms with Gasteiger partial charge in [0.2, 0.25) is 5.91 Å². The SMILES string of the molecule is C[C@@]1(O)CCN(C(=O)CCn2cnc3ccccc32)C[C@@H]1Cc1ccccc1. The second-order valence-corrected chi connectivity index (χ2v) is 8.01. The van der Waals surface area contributed by atoms with Crippen molar-refractivity contribution in [2.75, 3.05) is 13.1 Å². The van der Waals surface area contributed by atoms with Crippen LogP contribution in [0.25, 0.3) is 11.0 Å². The first kappa shape index (κ1) is 18.7. The second-order valence-electron chi connectivity index (χ2n) is 8.01. The van der Waals surface area contributed by atoms with Crippen molar-refractivity contribution in [1.82, 2.24) is 14.5 Å². The number of piperidine rings is 1. The molecule has 4 rings (SSSR count). The molecule has 2 heterocycles. The van der Waals surface area contributed by atoms with Crippen molar-refractivity contribution < 1.29 is 9.90 Å². The van der Waals surface area contributed by atoms with Crippen molar-refractivity contribution in [2.45, 2.75) is 38.3 Å². The number of likely N-dealkylation sites (tertiary alicyclic amines) is 1. The van der Waals surface area contributed by atoms with Crippen LogP contribution in [-0.4, -0.2) is 44.2 Å². The lowest BCUT2D eigenvalue weighted by Gasteiger charge is -2.43. The Kier molecular flexibility index (Phi) is 5.18. The number of imidazole rings is 1. The Morgan fingerprint density at radius 2 is 1.93 bits per heavy atom. The van der Waals surface area contributed by atoms with Crippen LogP contribution in [0.2, 0.25) is 0 Å². The molecule has 1 fully saturated rings. The minimum atomic E-state index is -0.743. The topological polar surface area (TPSA) is 58.4 Å². The summed E-state index contributed by atoms with van der Waals surface area (Å²) in [6.45, 7) is 3.74. The summed E-state index contributed by atoms with van der Waals surface area (Å²) >= 11 is 0. The smallest absolute Gasteiger partial charge is 0.224 e. The molecule has 146 valence electrons. The summed E-state index contributed by atoms with van der Waals surface area (Å²) in [5.41, 5.74) is 2.46. The van der Waals surface area contributed by atoms with Crippen molar-refractivity contribution >= 4 is 16.9 Å². The van der Waals surface area contributed by atoms with Gasteiger partial charge in [0.1, 0.15) is 0 Å². The van der Waals surface area contributed by atoms with E-state index in [1.54, 1.807) is 6.33 Å². The van der Waals surface area contributed by atoms with E-state index in [-0.39, 0.29) is 11.8 Å². The lowest BCUT2D eigenvalue weighted by atomic mass is 9.79. The van der Waals surface area contributed by atoms with E-state index in [0.717, 1.165) is 17.5 Å². The Hall–Kier alpha value is -2.66. The number of hydrogen-bond donors (Lipinski definition) is 1. The monoisotopic (exact) mass is 377 g/mol. The highest BCUT2D eigenvalue weighted by atomic mass is 16.3. The molecule has 3 aromatic rings. The number of hydrogen-bond acceptors (Lipinski definition) is 3. The van der Waals surface area contributed by atoms with E-state index in [1.807, 2.05) is 58.9 Å². The minimum Gasteiger partial charge on any atom is -0.390 e. The van der Waals surface area contributed by atoms with Crippen LogP contribution < -0.4 is 0 Å². The third-order valence-electron chi connectivity index (χ3n) is 5.98. The van der Waals surface area contributed by atoms with Crippen molar-refractivity contribution in [2.24, 2.45) is 5.92 Å². The Labute approximate surface area is 165 Å². The molecule has 5 heteroatoms. The molecule has 5 nitrogen and oxygen atoms in total. The largest absolute Gasteiger partial charge is 0.390 e. The summed E-state index contributed by atoms with van der Waals surface area (Å²) in [5, 5.41) is 10.8. The zero-order chi connectivity index (χ0) is 19.6. The number of aromatic nitrogens is 2. The zero-order valence-corrected chi connectivity index (χ0v) is 16.3. The third kappa shape index (κ3) is 3.94. The standard InChI is InChI=1S/C23H27N3O2/c1-23(28)12-14-25(16-19(23)15-18-7-3-2-4-8-18)22(27)11-13-26-17-24-20-9-5-6-10-21(20)26/h2-10,17,19,28H,11-16H2,1H3/t19-,23+/m0/s1. The molecule has 0 aliphatic carbocycles. The summed E-state index contributed by atoms with van der Waals surface area (Å²) in [6, 6.07) is 18.2. The fourth-order valence-corrected chi connectivity index (χ4v) is 4.09. The van der Waals surface area contributed by atoms with Crippen molar-refractivity contribution in [3.63, 3.8) is 0 Å². The number of aryl methyl sites for hydroxylation is 1. The van der Waals surface area contributed by atoms with E-state index in [1.165, 1.54) is 5.56 Å². The van der Waals surface area contributed by atoms with Crippen LogP contribution in [0.3, 0.4) is 0 Å². The normalized spacial score (nSPS) is 22.5. The minimum absolute atomic E-state index is 0.0432. The predicted octanol–water partition coefficient (Wildman–Crippen LogP) is 3.27. The Morgan fingerprint density at radius 1 is 1.18 bits per heavy atom. The van der Waals surface area contributed by atoms with Gasteiger partial charge in [-0.3, -0.25) is 4.79 Å². The number of carbonyl (C=O) groups is 1. The van der Waals surface area contributed by atoms with Crippen LogP contribution in [0.15, 0.2) is 60.9 Å². The molecule has 1 aromatic heterocycles. The van der Waals surface area contributed by atoms with E-state index in [4.69, 9.17) is 0 Å². The van der Waals surface area contributed by atoms with Crippen LogP contribution >= 0.6 is 0 Å². The van der Waals surface area contributed by atoms with Gasteiger partial charge in [0.25, 0.3) is 0 Å². The van der Waals surface area contributed by atoms with Gasteiger partial charge in [0, 0.05) is 32.0 Å². The average Bonchev–Trinajstić information content (AvgIpc) is 3.12. The number of fused-ring (bicyclic) bond motifs is 1. The molecule has 28 heavy (non-hydrogen) atoms. The summed E-state index contributed by atoms with van der Waals surface area (Å²) in [7, 11) is 0. The number of nitrogens with zero attached hydrogens (tertiary/aromatic N) is 3. The summed E-state index contributed by atoms with van der Waals surface area (Å²) in [5.74, 6) is 0.188. The van der Waals surface area contributed by atoms with Gasteiger partial charge in [0.15, 0.2) is 0 Å². The Balaban J connectivity index is 1.40. The Bertz CT molecular complexity index is 949. The highest BCUT2D eigenvalue weighted by molar-refractivity contribution is 5.77. The molecule has 0 bridgehead atoms. The van der Waals surface area contributed by atoms with E-state index in [9.17, 15) is 9.90 Å². The van der Waals surface area contributed by atoms with Gasteiger partial charge in [-0.15, -0.1) is 0 Å². The van der Waals surface area contributed by atoms with Crippen molar-refractivity contribution in [3.05, 3.63) is 66.5 Å². The lowest BCUT2D eigenvalue weighted by molar-refractivity contribution is -0.139. The van der Waals surface area contributed by atoms with Gasteiger partial charge >= 0.3 is 0 Å². The highest BCUT2D eigenvalue weighted by Gasteiger charge is 2.38. The van der Waals surface area contributed by atoms with E-state index >= 15 is 0 Å². The molecule has 1 N–H and O–H groups in total. The van der Waals surface area contributed by atoms with Crippen LogP contribution in [0.4, 0.5) is 0 Å². The van der Waals surface area contributed by atoms with E-state index < -0.39 is 5.60 Å². The fourth-order valence-electron chi connectivity index (χ4n) is 4.09. The first-order valence-electron chi connectivity index (χ1n) is 9.97. The third-order valence-corrected chi connectivity index (χ3v) is 5.98. The fraction of sp³-hybridized carbons (Fsp3) is 0.391. The molecule has 0 unspecified atom stereocenters. The van der Waals surface area contributed by atoms with Crippen LogP contribution in [0.5, 0.6) is 0 Å². The molecule has 1 saturated heterocycles. The molecule has 1 aliphatic heterocycles. The maximum absolute atomic E-state index is 12.8. The maximum atomic E-state index is 12.8. The van der Waals surface area contributed by atoms with Gasteiger partial charge in [-0.05, 0) is 37.5 Å². The zero-order valence-electron chi connectivity index (χ0n) is 16.3. The maximum Gasteiger partial charge on any atom is 0.224 e. The first-order valence-corrected chi connectivity index (χ1v) is 9.97. The number of amides is 1. The number of rotatable bonds is 5. The number of aliphatic hydroxyl groups is 1. The molecule has 0 spiro atoms. The number of para-hydroxylation sites is 2. The predicted molar refractivity (Wildman–Crippen MR) is 110 cm³/mol. The molecule has 2 aromatic carbocycles. The molecule has 1 aliphatic rings. The summed E-state index contributed by atoms with van der Waals surface area (Å²) < 4.78 is 2.04. The molecule has 2 atom stereocenters. The highest BCUT2D eigenvalue weighted by Crippen LogP contribution is 2.31. The van der Waals surface area contributed by atoms with Gasteiger partial charge in [-0.2, -0.15) is 0 Å². The molecule has 1 amide bonds. The summed E-state index contributed by atoms with van der Waals surface area (Å²) in [4.78, 5) is 19.2. The van der Waals surface area contributed by atoms with E-state index in [2.05, 4.69) is 17.1 Å². The van der Waals surface area contributed by atoms with E-state index in [0.29, 0.717) is 32.5 Å². The molecule has 0 radical (unpaired) electrons. The quantitative estimate of drug-likeness (QED) is 0.742. The molecular weight excluding hydrogens is 350 g/mol. The van der Waals surface area contributed by atoms with Crippen molar-refractivity contribution in [3.8, 4) is 0 Å². The second kappa shape index (κ2) is 7.76. The van der Waals surface area contributed by atoms with Gasteiger partial charge in [-0.1, -0.05) is 42.5 Å². The molecule has 0 saturated carbocycles.